The van der Waals surface area contributed by atoms with Crippen molar-refractivity contribution >= 4 is 34.7 Å². The molecule has 1 atom stereocenters. The lowest BCUT2D eigenvalue weighted by Gasteiger charge is -2.16. The van der Waals surface area contributed by atoms with Crippen molar-refractivity contribution in [2.45, 2.75) is 26.6 Å². The Morgan fingerprint density at radius 3 is 2.72 bits per heavy atom. The molecule has 9 nitrogen and oxygen atoms in total. The number of carbonyl (C=O) groups excluding carboxylic acids is 1. The lowest BCUT2D eigenvalue weighted by molar-refractivity contribution is -0.0527. The highest BCUT2D eigenvalue weighted by Crippen LogP contribution is 2.29. The van der Waals surface area contributed by atoms with Crippen molar-refractivity contribution in [1.29, 1.82) is 0 Å². The number of methoxy groups -OCH3 is 1. The molecule has 0 aliphatic carbocycles. The van der Waals surface area contributed by atoms with E-state index in [0.29, 0.717) is 16.9 Å². The fraction of sp³-hybridized carbons (Fsp3) is 0.294. The molecule has 154 valence electrons. The molecule has 0 fully saturated rings. The van der Waals surface area contributed by atoms with Crippen LogP contribution in [0.25, 0.3) is 5.65 Å². The van der Waals surface area contributed by atoms with Crippen molar-refractivity contribution in [2.24, 2.45) is 0 Å². The molecule has 0 unspecified atom stereocenters. The number of carbonyl (C=O) groups is 1. The number of fused-ring (bicyclic) bond motifs is 1. The first kappa shape index (κ1) is 20.7. The zero-order valence-electron chi connectivity index (χ0n) is 15.6. The van der Waals surface area contributed by atoms with Gasteiger partial charge < -0.3 is 20.1 Å². The summed E-state index contributed by atoms with van der Waals surface area (Å²) in [5.41, 5.74) is 2.53. The second-order valence-corrected chi connectivity index (χ2v) is 6.38. The van der Waals surface area contributed by atoms with E-state index in [1.54, 1.807) is 10.7 Å². The van der Waals surface area contributed by atoms with Gasteiger partial charge in [-0.25, -0.2) is 19.3 Å². The van der Waals surface area contributed by atoms with E-state index in [2.05, 4.69) is 30.4 Å². The Balaban J connectivity index is 1.82. The van der Waals surface area contributed by atoms with Gasteiger partial charge in [0.15, 0.2) is 5.65 Å². The average molecular weight is 427 g/mol. The number of halogens is 3. The van der Waals surface area contributed by atoms with E-state index in [-0.39, 0.29) is 16.8 Å². The molecule has 12 heteroatoms. The molecule has 0 aromatic carbocycles. The van der Waals surface area contributed by atoms with Crippen molar-refractivity contribution in [3.63, 3.8) is 0 Å². The van der Waals surface area contributed by atoms with Gasteiger partial charge in [-0.1, -0.05) is 11.6 Å². The van der Waals surface area contributed by atoms with Gasteiger partial charge in [-0.3, -0.25) is 0 Å². The maximum absolute atomic E-state index is 12.4. The molecule has 0 saturated carbocycles. The Labute approximate surface area is 169 Å². The summed E-state index contributed by atoms with van der Waals surface area (Å²) in [7, 11) is 1.54. The van der Waals surface area contributed by atoms with Gasteiger partial charge in [0.05, 0.1) is 47.3 Å². The molecule has 0 radical (unpaired) electrons. The summed E-state index contributed by atoms with van der Waals surface area (Å²) in [4.78, 5) is 20.5. The lowest BCUT2D eigenvalue weighted by atomic mass is 10.1. The van der Waals surface area contributed by atoms with Crippen LogP contribution in [-0.2, 0) is 4.74 Å². The fourth-order valence-electron chi connectivity index (χ4n) is 2.63. The smallest absolute Gasteiger partial charge is 0.388 e. The van der Waals surface area contributed by atoms with E-state index in [1.165, 1.54) is 19.4 Å². The van der Waals surface area contributed by atoms with Crippen molar-refractivity contribution in [3.8, 4) is 5.88 Å². The largest absolute Gasteiger partial charge is 0.415 e. The number of aromatic nitrogens is 4. The van der Waals surface area contributed by atoms with Crippen LogP contribution < -0.4 is 15.4 Å². The first-order valence-electron chi connectivity index (χ1n) is 8.34. The molecule has 0 spiro atoms. The van der Waals surface area contributed by atoms with Gasteiger partial charge in [-0.15, -0.1) is 0 Å². The van der Waals surface area contributed by atoms with Gasteiger partial charge in [0.25, 0.3) is 0 Å². The molecule has 3 heterocycles. The Morgan fingerprint density at radius 1 is 1.31 bits per heavy atom. The highest BCUT2D eigenvalue weighted by atomic mass is 35.5. The van der Waals surface area contributed by atoms with Gasteiger partial charge in [-0.2, -0.15) is 13.9 Å². The predicted molar refractivity (Wildman–Crippen MR) is 102 cm³/mol. The first-order valence-corrected chi connectivity index (χ1v) is 8.72. The van der Waals surface area contributed by atoms with Crippen LogP contribution in [0.1, 0.15) is 24.3 Å². The van der Waals surface area contributed by atoms with E-state index in [4.69, 9.17) is 16.3 Å². The zero-order valence-corrected chi connectivity index (χ0v) is 16.4. The molecule has 0 saturated heterocycles. The summed E-state index contributed by atoms with van der Waals surface area (Å²) in [6.07, 6.45) is 3.99. The molecule has 0 aliphatic heterocycles. The van der Waals surface area contributed by atoms with E-state index in [9.17, 15) is 13.6 Å². The molecule has 3 aromatic heterocycles. The van der Waals surface area contributed by atoms with Crippen LogP contribution in [0.15, 0.2) is 24.7 Å². The van der Waals surface area contributed by atoms with E-state index >= 15 is 0 Å². The Kier molecular flexibility index (Phi) is 6.09. The number of urea groups is 1. The third-order valence-corrected chi connectivity index (χ3v) is 4.20. The number of imidazole rings is 1. The van der Waals surface area contributed by atoms with E-state index < -0.39 is 18.5 Å². The minimum absolute atomic E-state index is 0.173. The van der Waals surface area contributed by atoms with Crippen molar-refractivity contribution in [2.75, 3.05) is 17.7 Å². The third-order valence-electron chi connectivity index (χ3n) is 3.92. The molecular formula is C17H17ClF2N6O3. The number of pyridine rings is 1. The Hall–Kier alpha value is -3.05. The number of rotatable bonds is 6. The molecule has 29 heavy (non-hydrogen) atoms. The zero-order chi connectivity index (χ0) is 21.1. The normalized spacial score (nSPS) is 12.2. The van der Waals surface area contributed by atoms with Crippen molar-refractivity contribution < 1.29 is 23.0 Å². The maximum Gasteiger partial charge on any atom is 0.388 e. The van der Waals surface area contributed by atoms with Crippen LogP contribution in [0.3, 0.4) is 0 Å². The van der Waals surface area contributed by atoms with Crippen LogP contribution in [0.4, 0.5) is 25.0 Å². The summed E-state index contributed by atoms with van der Waals surface area (Å²) in [6.45, 7) is 0.582. The number of nitrogens with one attached hydrogen (secondary N) is 2. The van der Waals surface area contributed by atoms with Gasteiger partial charge in [0.1, 0.15) is 5.02 Å². The van der Waals surface area contributed by atoms with Gasteiger partial charge >= 0.3 is 12.6 Å². The monoisotopic (exact) mass is 426 g/mol. The van der Waals surface area contributed by atoms with E-state index in [0.717, 1.165) is 11.9 Å². The standard InChI is InChI=1S/C17H17ClF2N6O3/c1-8-7-26-14(23-8)13(9(2)28-3)12(6-22-26)25-17(27)24-10-4-11(18)15(21-5-10)29-16(19)20/h4-7,9,16H,1-3H3,(H2,24,25,27)/t9-/m1/s1. The SMILES string of the molecule is CO[C@H](C)c1c(NC(=O)Nc2cnc(OC(F)F)c(Cl)c2)cnn2cc(C)nc12. The molecule has 0 aliphatic rings. The maximum atomic E-state index is 12.4. The van der Waals surface area contributed by atoms with Crippen LogP contribution in [0.2, 0.25) is 5.02 Å². The molecular weight excluding hydrogens is 410 g/mol. The predicted octanol–water partition coefficient (Wildman–Crippen LogP) is 4.04. The van der Waals surface area contributed by atoms with Gasteiger partial charge in [0, 0.05) is 7.11 Å². The summed E-state index contributed by atoms with van der Waals surface area (Å²) < 4.78 is 35.7. The van der Waals surface area contributed by atoms with Crippen LogP contribution in [-0.4, -0.2) is 39.3 Å². The van der Waals surface area contributed by atoms with Crippen molar-refractivity contribution in [1.82, 2.24) is 19.6 Å². The minimum Gasteiger partial charge on any atom is -0.415 e. The number of ether oxygens (including phenoxy) is 2. The van der Waals surface area contributed by atoms with E-state index in [1.807, 2.05) is 13.8 Å². The fourth-order valence-corrected chi connectivity index (χ4v) is 2.85. The topological polar surface area (TPSA) is 103 Å². The highest BCUT2D eigenvalue weighted by Gasteiger charge is 2.19. The number of amides is 2. The van der Waals surface area contributed by atoms with Crippen LogP contribution in [0.5, 0.6) is 5.88 Å². The average Bonchev–Trinajstić information content (AvgIpc) is 3.03. The third kappa shape index (κ3) is 4.69. The molecule has 2 amide bonds. The second-order valence-electron chi connectivity index (χ2n) is 5.97. The summed E-state index contributed by atoms with van der Waals surface area (Å²) in [5, 5.41) is 9.24. The number of alkyl halides is 2. The molecule has 2 N–H and O–H groups in total. The quantitative estimate of drug-likeness (QED) is 0.616. The van der Waals surface area contributed by atoms with Gasteiger partial charge in [-0.05, 0) is 19.9 Å². The second kappa shape index (κ2) is 8.53. The Morgan fingerprint density at radius 2 is 2.07 bits per heavy atom. The number of nitrogens with zero attached hydrogens (tertiary/aromatic N) is 4. The Bertz CT molecular complexity index is 1050. The van der Waals surface area contributed by atoms with Crippen LogP contribution >= 0.6 is 11.6 Å². The summed E-state index contributed by atoms with van der Waals surface area (Å²) >= 11 is 5.84. The number of aryl methyl sites for hydroxylation is 1. The first-order chi connectivity index (χ1) is 13.8. The number of hydrogen-bond acceptors (Lipinski definition) is 6. The summed E-state index contributed by atoms with van der Waals surface area (Å²) in [6, 6.07) is 0.619. The minimum atomic E-state index is -3.06. The number of anilines is 2. The van der Waals surface area contributed by atoms with Crippen molar-refractivity contribution in [3.05, 3.63) is 40.9 Å². The highest BCUT2D eigenvalue weighted by molar-refractivity contribution is 6.32. The van der Waals surface area contributed by atoms with Gasteiger partial charge in [0.2, 0.25) is 5.88 Å². The molecule has 3 rings (SSSR count). The van der Waals surface area contributed by atoms with Crippen LogP contribution in [0, 0.1) is 6.92 Å². The lowest BCUT2D eigenvalue weighted by Crippen LogP contribution is -2.21. The summed E-state index contributed by atoms with van der Waals surface area (Å²) in [5.74, 6) is -0.437. The molecule has 0 bridgehead atoms. The number of hydrogen-bond donors (Lipinski definition) is 2. The molecule has 3 aromatic rings.